The molecule has 1 heterocycles. The van der Waals surface area contributed by atoms with Gasteiger partial charge in [0.15, 0.2) is 0 Å². The smallest absolute Gasteiger partial charge is 0.141 e. The molecule has 1 aromatic carbocycles. The average molecular weight is 324 g/mol. The maximum absolute atomic E-state index is 10.1. The Labute approximate surface area is 139 Å². The number of ether oxygens (including phenoxy) is 2. The van der Waals surface area contributed by atoms with Crippen LogP contribution in [-0.2, 0) is 4.74 Å². The molecule has 0 bridgehead atoms. The SMILES string of the molecule is Cc1cccc(OC[C@H](O)C[NH2+]CC(C)(C)[NH+]2CCOCC2)c1. The average Bonchev–Trinajstić information content (AvgIpc) is 2.54. The molecular formula is C18H32N2O3+2. The van der Waals surface area contributed by atoms with Gasteiger partial charge < -0.3 is 24.8 Å². The zero-order chi connectivity index (χ0) is 16.7. The van der Waals surface area contributed by atoms with E-state index in [4.69, 9.17) is 9.47 Å². The largest absolute Gasteiger partial charge is 0.491 e. The quantitative estimate of drug-likeness (QED) is 0.574. The molecule has 0 amide bonds. The fourth-order valence-electron chi connectivity index (χ4n) is 3.04. The number of aliphatic hydroxyl groups is 1. The van der Waals surface area contributed by atoms with E-state index in [1.807, 2.05) is 31.2 Å². The number of nitrogens with two attached hydrogens (primary N) is 1. The molecule has 1 saturated heterocycles. The maximum atomic E-state index is 10.1. The highest BCUT2D eigenvalue weighted by atomic mass is 16.5. The van der Waals surface area contributed by atoms with Gasteiger partial charge in [-0.1, -0.05) is 12.1 Å². The summed E-state index contributed by atoms with van der Waals surface area (Å²) in [4.78, 5) is 1.59. The Morgan fingerprint density at radius 1 is 1.35 bits per heavy atom. The van der Waals surface area contributed by atoms with E-state index in [0.29, 0.717) is 13.2 Å². The van der Waals surface area contributed by atoms with Crippen molar-refractivity contribution >= 4 is 0 Å². The van der Waals surface area contributed by atoms with Crippen LogP contribution in [0, 0.1) is 6.92 Å². The lowest BCUT2D eigenvalue weighted by Crippen LogP contribution is -3.23. The fraction of sp³-hybridized carbons (Fsp3) is 0.667. The van der Waals surface area contributed by atoms with Crippen LogP contribution in [0.3, 0.4) is 0 Å². The Balaban J connectivity index is 1.66. The third kappa shape index (κ3) is 6.11. The molecule has 1 aromatic rings. The van der Waals surface area contributed by atoms with Gasteiger partial charge in [0.1, 0.15) is 50.2 Å². The second-order valence-corrected chi connectivity index (χ2v) is 7.11. The molecule has 23 heavy (non-hydrogen) atoms. The molecule has 1 aliphatic rings. The number of rotatable bonds is 8. The highest BCUT2D eigenvalue weighted by molar-refractivity contribution is 5.27. The van der Waals surface area contributed by atoms with Crippen molar-refractivity contribution in [3.8, 4) is 5.75 Å². The minimum atomic E-state index is -0.453. The zero-order valence-corrected chi connectivity index (χ0v) is 14.7. The standard InChI is InChI=1S/C18H30N2O3/c1-15-5-4-6-17(11-15)23-13-16(21)12-19-14-18(2,3)20-7-9-22-10-8-20/h4-6,11,16,19,21H,7-10,12-14H2,1-3H3/p+2/t16-/m1/s1. The minimum Gasteiger partial charge on any atom is -0.491 e. The summed E-state index contributed by atoms with van der Waals surface area (Å²) in [5.41, 5.74) is 1.36. The Kier molecular flexibility index (Phi) is 6.84. The molecule has 1 fully saturated rings. The van der Waals surface area contributed by atoms with Crippen LogP contribution in [-0.4, -0.2) is 62.7 Å². The molecule has 5 heteroatoms. The first kappa shape index (κ1) is 18.2. The molecule has 4 N–H and O–H groups in total. The molecule has 0 aliphatic carbocycles. The molecule has 2 rings (SSSR count). The molecule has 0 radical (unpaired) electrons. The van der Waals surface area contributed by atoms with Gasteiger partial charge in [0.2, 0.25) is 0 Å². The van der Waals surface area contributed by atoms with Gasteiger partial charge in [-0.15, -0.1) is 0 Å². The minimum absolute atomic E-state index is 0.195. The van der Waals surface area contributed by atoms with Gasteiger partial charge in [-0.3, -0.25) is 0 Å². The second-order valence-electron chi connectivity index (χ2n) is 7.11. The number of quaternary nitrogens is 2. The van der Waals surface area contributed by atoms with E-state index in [-0.39, 0.29) is 5.54 Å². The molecule has 0 unspecified atom stereocenters. The Hall–Kier alpha value is -1.14. The number of morpholine rings is 1. The summed E-state index contributed by atoms with van der Waals surface area (Å²) in [6, 6.07) is 7.92. The number of nitrogens with one attached hydrogen (secondary N) is 1. The lowest BCUT2D eigenvalue weighted by molar-refractivity contribution is -0.968. The van der Waals surface area contributed by atoms with Crippen molar-refractivity contribution in [3.63, 3.8) is 0 Å². The van der Waals surface area contributed by atoms with E-state index in [9.17, 15) is 5.11 Å². The summed E-state index contributed by atoms with van der Waals surface area (Å²) >= 11 is 0. The summed E-state index contributed by atoms with van der Waals surface area (Å²) in [5, 5.41) is 12.3. The van der Waals surface area contributed by atoms with E-state index in [2.05, 4.69) is 19.2 Å². The van der Waals surface area contributed by atoms with Crippen molar-refractivity contribution in [2.75, 3.05) is 46.0 Å². The molecule has 0 spiro atoms. The number of aliphatic hydroxyl groups excluding tert-OH is 1. The lowest BCUT2D eigenvalue weighted by Gasteiger charge is -2.36. The van der Waals surface area contributed by atoms with Crippen molar-refractivity contribution in [1.82, 2.24) is 0 Å². The Morgan fingerprint density at radius 2 is 2.09 bits per heavy atom. The summed E-state index contributed by atoms with van der Waals surface area (Å²) in [7, 11) is 0. The number of hydrogen-bond donors (Lipinski definition) is 3. The van der Waals surface area contributed by atoms with Crippen LogP contribution in [0.2, 0.25) is 0 Å². The van der Waals surface area contributed by atoms with Gasteiger partial charge in [-0.05, 0) is 38.5 Å². The van der Waals surface area contributed by atoms with Crippen molar-refractivity contribution < 1.29 is 24.8 Å². The normalized spacial score (nSPS) is 17.9. The van der Waals surface area contributed by atoms with Gasteiger partial charge in [0.25, 0.3) is 0 Å². The Morgan fingerprint density at radius 3 is 2.78 bits per heavy atom. The van der Waals surface area contributed by atoms with Crippen LogP contribution >= 0.6 is 0 Å². The van der Waals surface area contributed by atoms with Crippen LogP contribution in [0.4, 0.5) is 0 Å². The van der Waals surface area contributed by atoms with E-state index in [1.54, 1.807) is 4.90 Å². The van der Waals surface area contributed by atoms with Crippen molar-refractivity contribution in [2.45, 2.75) is 32.4 Å². The van der Waals surface area contributed by atoms with Gasteiger partial charge in [0, 0.05) is 0 Å². The third-order valence-corrected chi connectivity index (χ3v) is 4.58. The summed E-state index contributed by atoms with van der Waals surface area (Å²) in [5.74, 6) is 0.821. The molecule has 0 aromatic heterocycles. The van der Waals surface area contributed by atoms with Gasteiger partial charge in [-0.2, -0.15) is 0 Å². The monoisotopic (exact) mass is 324 g/mol. The third-order valence-electron chi connectivity index (χ3n) is 4.58. The number of benzene rings is 1. The zero-order valence-electron chi connectivity index (χ0n) is 14.7. The van der Waals surface area contributed by atoms with Crippen molar-refractivity contribution in [2.24, 2.45) is 0 Å². The van der Waals surface area contributed by atoms with Crippen LogP contribution < -0.4 is 15.0 Å². The van der Waals surface area contributed by atoms with Gasteiger partial charge in [-0.25, -0.2) is 0 Å². The topological polar surface area (TPSA) is 59.7 Å². The van der Waals surface area contributed by atoms with Crippen LogP contribution in [0.15, 0.2) is 24.3 Å². The summed E-state index contributed by atoms with van der Waals surface area (Å²) in [6.07, 6.45) is -0.453. The maximum Gasteiger partial charge on any atom is 0.141 e. The molecule has 5 nitrogen and oxygen atoms in total. The number of aryl methyl sites for hydroxylation is 1. The predicted molar refractivity (Wildman–Crippen MR) is 89.9 cm³/mol. The van der Waals surface area contributed by atoms with Crippen LogP contribution in [0.1, 0.15) is 19.4 Å². The molecule has 1 atom stereocenters. The van der Waals surface area contributed by atoms with E-state index < -0.39 is 6.10 Å². The highest BCUT2D eigenvalue weighted by Gasteiger charge is 2.34. The summed E-state index contributed by atoms with van der Waals surface area (Å²) in [6.45, 7) is 12.5. The number of hydrogen-bond acceptors (Lipinski definition) is 3. The van der Waals surface area contributed by atoms with E-state index >= 15 is 0 Å². The predicted octanol–water partition coefficient (Wildman–Crippen LogP) is -1.01. The Bertz CT molecular complexity index is 473. The van der Waals surface area contributed by atoms with Crippen LogP contribution in [0.5, 0.6) is 5.75 Å². The van der Waals surface area contributed by atoms with Crippen LogP contribution in [0.25, 0.3) is 0 Å². The van der Waals surface area contributed by atoms with E-state index in [1.165, 1.54) is 5.56 Å². The van der Waals surface area contributed by atoms with E-state index in [0.717, 1.165) is 38.6 Å². The molecule has 130 valence electrons. The molecular weight excluding hydrogens is 292 g/mol. The lowest BCUT2D eigenvalue weighted by atomic mass is 10.0. The van der Waals surface area contributed by atoms with Crippen molar-refractivity contribution in [1.29, 1.82) is 0 Å². The first-order valence-electron chi connectivity index (χ1n) is 8.59. The molecule has 0 saturated carbocycles. The first-order chi connectivity index (χ1) is 11.0. The highest BCUT2D eigenvalue weighted by Crippen LogP contribution is 2.12. The molecule has 1 aliphatic heterocycles. The van der Waals surface area contributed by atoms with Gasteiger partial charge >= 0.3 is 0 Å². The fourth-order valence-corrected chi connectivity index (χ4v) is 3.04. The summed E-state index contributed by atoms with van der Waals surface area (Å²) < 4.78 is 11.1. The first-order valence-corrected chi connectivity index (χ1v) is 8.59. The van der Waals surface area contributed by atoms with Crippen molar-refractivity contribution in [3.05, 3.63) is 29.8 Å². The second kappa shape index (κ2) is 8.64. The van der Waals surface area contributed by atoms with Gasteiger partial charge in [0.05, 0.1) is 13.2 Å².